The number of hydrogen-bond acceptors (Lipinski definition) is 5. The summed E-state index contributed by atoms with van der Waals surface area (Å²) in [7, 11) is -2.32. The number of benzene rings is 2. The number of para-hydroxylation sites is 2. The fraction of sp³-hybridized carbons (Fsp3) is 0.0625. The average molecular weight is 371 g/mol. The number of H-pyrrole nitrogens is 1. The molecule has 0 bridgehead atoms. The van der Waals surface area contributed by atoms with Crippen LogP contribution in [0.15, 0.2) is 59.5 Å². The maximum atomic E-state index is 12.9. The molecule has 2 aromatic carbocycles. The minimum absolute atomic E-state index is 0.180. The van der Waals surface area contributed by atoms with Crippen LogP contribution in [0, 0.1) is 4.77 Å². The van der Waals surface area contributed by atoms with E-state index in [1.165, 1.54) is 7.05 Å². The Kier molecular flexibility index (Phi) is 3.55. The minimum Gasteiger partial charge on any atom is -0.263 e. The molecule has 0 atom stereocenters. The summed E-state index contributed by atoms with van der Waals surface area (Å²) in [4.78, 5) is 4.69. The quantitative estimate of drug-likeness (QED) is 0.560. The summed E-state index contributed by atoms with van der Waals surface area (Å²) in [6.45, 7) is 0. The Morgan fingerprint density at radius 1 is 1.08 bits per heavy atom. The zero-order chi connectivity index (χ0) is 17.6. The van der Waals surface area contributed by atoms with Crippen LogP contribution in [0.2, 0.25) is 0 Å². The SMILES string of the molecule is CN(c1nc2ccccc2n2c(=S)[nH]nc12)S(=O)(=O)c1ccccc1. The second-order valence-corrected chi connectivity index (χ2v) is 7.75. The van der Waals surface area contributed by atoms with Gasteiger partial charge in [0.15, 0.2) is 10.6 Å². The van der Waals surface area contributed by atoms with Gasteiger partial charge in [-0.15, -0.1) is 0 Å². The van der Waals surface area contributed by atoms with Crippen LogP contribution in [0.4, 0.5) is 5.82 Å². The molecule has 25 heavy (non-hydrogen) atoms. The highest BCUT2D eigenvalue weighted by molar-refractivity contribution is 7.92. The molecule has 2 heterocycles. The molecule has 0 amide bonds. The molecule has 9 heteroatoms. The first-order chi connectivity index (χ1) is 12.0. The van der Waals surface area contributed by atoms with Gasteiger partial charge in [-0.3, -0.25) is 9.50 Å². The molecule has 4 aromatic rings. The number of fused-ring (bicyclic) bond motifs is 3. The Labute approximate surface area is 148 Å². The molecule has 1 N–H and O–H groups in total. The number of nitrogens with one attached hydrogen (secondary N) is 1. The molecule has 7 nitrogen and oxygen atoms in total. The molecule has 0 aliphatic rings. The third kappa shape index (κ3) is 2.39. The second kappa shape index (κ2) is 5.64. The van der Waals surface area contributed by atoms with Crippen molar-refractivity contribution in [3.8, 4) is 0 Å². The zero-order valence-electron chi connectivity index (χ0n) is 13.1. The second-order valence-electron chi connectivity index (χ2n) is 5.40. The summed E-state index contributed by atoms with van der Waals surface area (Å²) in [6.07, 6.45) is 0. The number of sulfonamides is 1. The summed E-state index contributed by atoms with van der Waals surface area (Å²) >= 11 is 5.30. The van der Waals surface area contributed by atoms with Crippen LogP contribution >= 0.6 is 12.2 Å². The topological polar surface area (TPSA) is 83.4 Å². The van der Waals surface area contributed by atoms with Crippen molar-refractivity contribution < 1.29 is 8.42 Å². The molecule has 0 spiro atoms. The molecule has 2 aromatic heterocycles. The summed E-state index contributed by atoms with van der Waals surface area (Å²) in [5.74, 6) is 0.204. The number of aromatic amines is 1. The molecule has 0 fully saturated rings. The molecular weight excluding hydrogens is 358 g/mol. The van der Waals surface area contributed by atoms with E-state index in [1.807, 2.05) is 18.2 Å². The minimum atomic E-state index is -3.77. The lowest BCUT2D eigenvalue weighted by molar-refractivity contribution is 0.594. The van der Waals surface area contributed by atoms with Gasteiger partial charge < -0.3 is 0 Å². The molecule has 0 aliphatic carbocycles. The monoisotopic (exact) mass is 371 g/mol. The number of aromatic nitrogens is 4. The fourth-order valence-corrected chi connectivity index (χ4v) is 4.06. The van der Waals surface area contributed by atoms with Crippen molar-refractivity contribution in [1.82, 2.24) is 19.6 Å². The van der Waals surface area contributed by atoms with E-state index in [-0.39, 0.29) is 10.7 Å². The normalized spacial score (nSPS) is 11.9. The molecule has 4 rings (SSSR count). The molecule has 0 aliphatic heterocycles. The number of nitrogens with zero attached hydrogens (tertiary/aromatic N) is 4. The molecular formula is C16H13N5O2S2. The summed E-state index contributed by atoms with van der Waals surface area (Å²) in [5.41, 5.74) is 1.73. The van der Waals surface area contributed by atoms with E-state index in [0.29, 0.717) is 15.9 Å². The average Bonchev–Trinajstić information content (AvgIpc) is 3.03. The van der Waals surface area contributed by atoms with Crippen LogP contribution in [0.5, 0.6) is 0 Å². The number of rotatable bonds is 3. The van der Waals surface area contributed by atoms with Crippen LogP contribution in [-0.2, 0) is 10.0 Å². The van der Waals surface area contributed by atoms with Gasteiger partial charge in [0, 0.05) is 7.05 Å². The first-order valence-electron chi connectivity index (χ1n) is 7.40. The Balaban J connectivity index is 2.02. The number of hydrogen-bond donors (Lipinski definition) is 1. The predicted octanol–water partition coefficient (Wildman–Crippen LogP) is 2.77. The number of anilines is 1. The van der Waals surface area contributed by atoms with E-state index < -0.39 is 10.0 Å². The first-order valence-corrected chi connectivity index (χ1v) is 9.25. The van der Waals surface area contributed by atoms with Crippen molar-refractivity contribution in [1.29, 1.82) is 0 Å². The molecule has 0 saturated carbocycles. The third-order valence-electron chi connectivity index (χ3n) is 3.92. The van der Waals surface area contributed by atoms with Gasteiger partial charge in [0.1, 0.15) is 0 Å². The van der Waals surface area contributed by atoms with Crippen LogP contribution in [-0.4, -0.2) is 35.0 Å². The third-order valence-corrected chi connectivity index (χ3v) is 5.96. The molecule has 0 saturated heterocycles. The van der Waals surface area contributed by atoms with Crippen LogP contribution < -0.4 is 4.31 Å². The molecule has 0 unspecified atom stereocenters. The van der Waals surface area contributed by atoms with E-state index in [4.69, 9.17) is 12.2 Å². The van der Waals surface area contributed by atoms with E-state index in [9.17, 15) is 8.42 Å². The van der Waals surface area contributed by atoms with Crippen LogP contribution in [0.1, 0.15) is 0 Å². The van der Waals surface area contributed by atoms with Gasteiger partial charge in [-0.2, -0.15) is 5.10 Å². The van der Waals surface area contributed by atoms with Gasteiger partial charge in [-0.05, 0) is 36.5 Å². The van der Waals surface area contributed by atoms with Crippen LogP contribution in [0.3, 0.4) is 0 Å². The Morgan fingerprint density at radius 3 is 2.52 bits per heavy atom. The van der Waals surface area contributed by atoms with Gasteiger partial charge in [0.2, 0.25) is 5.65 Å². The highest BCUT2D eigenvalue weighted by Gasteiger charge is 2.25. The zero-order valence-corrected chi connectivity index (χ0v) is 14.8. The van der Waals surface area contributed by atoms with Crippen molar-refractivity contribution in [2.24, 2.45) is 0 Å². The lowest BCUT2D eigenvalue weighted by atomic mass is 10.3. The molecule has 0 radical (unpaired) electrons. The maximum Gasteiger partial charge on any atom is 0.265 e. The summed E-state index contributed by atoms with van der Waals surface area (Å²) in [5, 5.41) is 6.88. The largest absolute Gasteiger partial charge is 0.265 e. The van der Waals surface area contributed by atoms with E-state index >= 15 is 0 Å². The Hall–Kier alpha value is -2.78. The van der Waals surface area contributed by atoms with Gasteiger partial charge in [-0.1, -0.05) is 30.3 Å². The van der Waals surface area contributed by atoms with Crippen molar-refractivity contribution in [3.63, 3.8) is 0 Å². The summed E-state index contributed by atoms with van der Waals surface area (Å²) in [6, 6.07) is 15.6. The molecule has 126 valence electrons. The highest BCUT2D eigenvalue weighted by atomic mass is 32.2. The van der Waals surface area contributed by atoms with E-state index in [1.54, 1.807) is 40.8 Å². The summed E-state index contributed by atoms with van der Waals surface area (Å²) < 4.78 is 29.0. The lowest BCUT2D eigenvalue weighted by Crippen LogP contribution is -2.28. The van der Waals surface area contributed by atoms with Crippen molar-refractivity contribution in [2.45, 2.75) is 4.90 Å². The van der Waals surface area contributed by atoms with Crippen molar-refractivity contribution >= 4 is 44.7 Å². The lowest BCUT2D eigenvalue weighted by Gasteiger charge is -2.19. The fourth-order valence-electron chi connectivity index (χ4n) is 2.66. The van der Waals surface area contributed by atoms with Crippen molar-refractivity contribution in [2.75, 3.05) is 11.4 Å². The first kappa shape index (κ1) is 15.7. The van der Waals surface area contributed by atoms with E-state index in [0.717, 1.165) is 9.82 Å². The van der Waals surface area contributed by atoms with E-state index in [2.05, 4.69) is 15.2 Å². The van der Waals surface area contributed by atoms with Gasteiger partial charge in [-0.25, -0.2) is 17.7 Å². The smallest absolute Gasteiger partial charge is 0.263 e. The predicted molar refractivity (Wildman–Crippen MR) is 97.7 cm³/mol. The maximum absolute atomic E-state index is 12.9. The Morgan fingerprint density at radius 2 is 1.76 bits per heavy atom. The Bertz CT molecular complexity index is 1250. The van der Waals surface area contributed by atoms with Gasteiger partial charge >= 0.3 is 0 Å². The standard InChI is InChI=1S/C16H13N5O2S2/c1-20(25(22,23)11-7-3-2-4-8-11)14-15-18-19-16(24)21(15)13-10-6-5-9-12(13)17-14/h2-10H,1H3,(H,19,24). The highest BCUT2D eigenvalue weighted by Crippen LogP contribution is 2.26. The van der Waals surface area contributed by atoms with Crippen LogP contribution in [0.25, 0.3) is 16.7 Å². The van der Waals surface area contributed by atoms with Gasteiger partial charge in [0.25, 0.3) is 10.0 Å². The van der Waals surface area contributed by atoms with Crippen molar-refractivity contribution in [3.05, 3.63) is 59.4 Å². The van der Waals surface area contributed by atoms with Gasteiger partial charge in [0.05, 0.1) is 15.9 Å².